The zero-order chi connectivity index (χ0) is 23.3. The van der Waals surface area contributed by atoms with Crippen LogP contribution in [0.15, 0.2) is 60.2 Å². The Morgan fingerprint density at radius 3 is 2.69 bits per heavy atom. The highest BCUT2D eigenvalue weighted by Crippen LogP contribution is 2.54. The van der Waals surface area contributed by atoms with Crippen molar-refractivity contribution in [2.45, 2.75) is 64.7 Å². The van der Waals surface area contributed by atoms with Crippen LogP contribution in [0.5, 0.6) is 0 Å². The highest BCUT2D eigenvalue weighted by molar-refractivity contribution is 5.85. The van der Waals surface area contributed by atoms with E-state index in [-0.39, 0.29) is 11.5 Å². The van der Waals surface area contributed by atoms with Gasteiger partial charge in [-0.15, -0.1) is 0 Å². The lowest BCUT2D eigenvalue weighted by Gasteiger charge is -2.57. The number of aromatic nitrogens is 1. The smallest absolute Gasteiger partial charge is 0.328 e. The average Bonchev–Trinajstić information content (AvgIpc) is 3.09. The molecule has 3 atom stereocenters. The Kier molecular flexibility index (Phi) is 5.44. The van der Waals surface area contributed by atoms with Crippen molar-refractivity contribution in [2.24, 2.45) is 5.41 Å². The lowest BCUT2D eigenvalue weighted by atomic mass is 9.62. The molecule has 1 aliphatic carbocycles. The molecule has 0 radical (unpaired) electrons. The molecular weight excluding hydrogens is 403 g/mol. The Labute approximate surface area is 189 Å². The van der Waals surface area contributed by atoms with Crippen molar-refractivity contribution in [3.63, 3.8) is 0 Å². The van der Waals surface area contributed by atoms with Crippen LogP contribution in [0.4, 0.5) is 4.39 Å². The molecule has 2 heterocycles. The summed E-state index contributed by atoms with van der Waals surface area (Å²) in [7, 11) is 0. The van der Waals surface area contributed by atoms with Crippen LogP contribution in [-0.4, -0.2) is 39.2 Å². The van der Waals surface area contributed by atoms with Crippen molar-refractivity contribution in [3.05, 3.63) is 71.5 Å². The third-order valence-corrected chi connectivity index (χ3v) is 7.39. The Morgan fingerprint density at radius 1 is 1.34 bits per heavy atom. The van der Waals surface area contributed by atoms with E-state index in [1.807, 2.05) is 12.1 Å². The molecule has 1 aliphatic heterocycles. The SMILES string of the molecule is C[C@@H]1Cc2c([nH]c3ccccc23)[C@@](C)(C2(C)C=CC(/C=C/C(=O)O)=CC2)N1CC(C)(C)F. The minimum absolute atomic E-state index is 0.171. The van der Waals surface area contributed by atoms with E-state index in [9.17, 15) is 4.79 Å². The molecule has 1 unspecified atom stereocenters. The van der Waals surface area contributed by atoms with Gasteiger partial charge >= 0.3 is 5.97 Å². The van der Waals surface area contributed by atoms with Gasteiger partial charge in [-0.25, -0.2) is 9.18 Å². The lowest BCUT2D eigenvalue weighted by Crippen LogP contribution is -2.62. The van der Waals surface area contributed by atoms with Gasteiger partial charge in [0.05, 0.1) is 5.54 Å². The molecule has 0 fully saturated rings. The summed E-state index contributed by atoms with van der Waals surface area (Å²) in [5.41, 5.74) is 2.34. The quantitative estimate of drug-likeness (QED) is 0.573. The first-order valence-corrected chi connectivity index (χ1v) is 11.3. The fourth-order valence-corrected chi connectivity index (χ4v) is 5.55. The van der Waals surface area contributed by atoms with E-state index in [2.05, 4.69) is 61.0 Å². The normalized spacial score (nSPS) is 28.8. The number of halogens is 1. The van der Waals surface area contributed by atoms with Gasteiger partial charge in [-0.3, -0.25) is 4.90 Å². The number of nitrogens with zero attached hydrogens (tertiary/aromatic N) is 1. The summed E-state index contributed by atoms with van der Waals surface area (Å²) in [6, 6.07) is 8.56. The van der Waals surface area contributed by atoms with Crippen LogP contribution in [0, 0.1) is 5.41 Å². The van der Waals surface area contributed by atoms with Gasteiger partial charge in [0.25, 0.3) is 0 Å². The highest BCUT2D eigenvalue weighted by atomic mass is 19.1. The highest BCUT2D eigenvalue weighted by Gasteiger charge is 2.55. The van der Waals surface area contributed by atoms with E-state index in [0.29, 0.717) is 6.54 Å². The van der Waals surface area contributed by atoms with Crippen LogP contribution in [-0.2, 0) is 16.8 Å². The summed E-state index contributed by atoms with van der Waals surface area (Å²) in [6.07, 6.45) is 10.6. The topological polar surface area (TPSA) is 56.3 Å². The summed E-state index contributed by atoms with van der Waals surface area (Å²) in [6.45, 7) is 10.3. The van der Waals surface area contributed by atoms with Gasteiger partial charge in [-0.2, -0.15) is 0 Å². The van der Waals surface area contributed by atoms with Crippen molar-refractivity contribution < 1.29 is 14.3 Å². The summed E-state index contributed by atoms with van der Waals surface area (Å²) < 4.78 is 15.1. The number of rotatable bonds is 5. The number of benzene rings is 1. The largest absolute Gasteiger partial charge is 0.478 e. The molecule has 4 nitrogen and oxygen atoms in total. The van der Waals surface area contributed by atoms with Crippen LogP contribution in [0.25, 0.3) is 10.9 Å². The first kappa shape index (κ1) is 22.5. The average molecular weight is 437 g/mol. The van der Waals surface area contributed by atoms with Gasteiger partial charge in [-0.1, -0.05) is 43.4 Å². The summed E-state index contributed by atoms with van der Waals surface area (Å²) in [5.74, 6) is -0.959. The van der Waals surface area contributed by atoms with Gasteiger partial charge in [0.15, 0.2) is 0 Å². The fourth-order valence-electron chi connectivity index (χ4n) is 5.55. The molecule has 2 aliphatic rings. The van der Waals surface area contributed by atoms with Gasteiger partial charge < -0.3 is 10.1 Å². The standard InChI is InChI=1S/C27H33FN2O2/c1-18-16-21-20-8-6-7-9-22(20)29-24(21)27(5,30(18)17-25(2,3)28)26(4)14-12-19(13-15-26)10-11-23(31)32/h6-14,18,29H,15-17H2,1-5H3,(H,31,32)/b11-10+/t18-,26?,27+/m1/s1. The van der Waals surface area contributed by atoms with Crippen molar-refractivity contribution in [1.82, 2.24) is 9.88 Å². The number of carbonyl (C=O) groups is 1. The molecule has 0 bridgehead atoms. The van der Waals surface area contributed by atoms with E-state index >= 15 is 4.39 Å². The van der Waals surface area contributed by atoms with Crippen LogP contribution in [0.3, 0.4) is 0 Å². The lowest BCUT2D eigenvalue weighted by molar-refractivity contribution is -0.131. The van der Waals surface area contributed by atoms with Crippen LogP contribution in [0.1, 0.15) is 52.3 Å². The number of H-pyrrole nitrogens is 1. The van der Waals surface area contributed by atoms with Gasteiger partial charge in [0, 0.05) is 40.7 Å². The number of aromatic amines is 1. The molecule has 2 N–H and O–H groups in total. The Bertz CT molecular complexity index is 1140. The second kappa shape index (κ2) is 7.73. The van der Waals surface area contributed by atoms with Gasteiger partial charge in [-0.05, 0) is 63.8 Å². The van der Waals surface area contributed by atoms with Crippen LogP contribution >= 0.6 is 0 Å². The maximum atomic E-state index is 15.1. The predicted octanol–water partition coefficient (Wildman–Crippen LogP) is 5.91. The fraction of sp³-hybridized carbons (Fsp3) is 0.444. The van der Waals surface area contributed by atoms with Crippen molar-refractivity contribution >= 4 is 16.9 Å². The second-order valence-electron chi connectivity index (χ2n) is 10.3. The molecule has 170 valence electrons. The molecule has 0 saturated heterocycles. The molecule has 0 spiro atoms. The number of fused-ring (bicyclic) bond motifs is 3. The van der Waals surface area contributed by atoms with Crippen molar-refractivity contribution in [2.75, 3.05) is 6.54 Å². The predicted molar refractivity (Wildman–Crippen MR) is 127 cm³/mol. The molecule has 2 aromatic rings. The molecular formula is C27H33FN2O2. The maximum Gasteiger partial charge on any atom is 0.328 e. The minimum atomic E-state index is -1.33. The maximum absolute atomic E-state index is 15.1. The minimum Gasteiger partial charge on any atom is -0.478 e. The van der Waals surface area contributed by atoms with E-state index in [0.717, 1.165) is 35.7 Å². The van der Waals surface area contributed by atoms with E-state index < -0.39 is 17.2 Å². The van der Waals surface area contributed by atoms with E-state index in [1.54, 1.807) is 19.9 Å². The van der Waals surface area contributed by atoms with Crippen molar-refractivity contribution in [1.29, 1.82) is 0 Å². The molecule has 32 heavy (non-hydrogen) atoms. The van der Waals surface area contributed by atoms with Crippen LogP contribution < -0.4 is 0 Å². The van der Waals surface area contributed by atoms with Gasteiger partial charge in [0.1, 0.15) is 5.67 Å². The molecule has 1 aromatic heterocycles. The zero-order valence-corrected chi connectivity index (χ0v) is 19.6. The first-order valence-electron chi connectivity index (χ1n) is 11.3. The number of carboxylic acids is 1. The number of nitrogens with one attached hydrogen (secondary N) is 1. The van der Waals surface area contributed by atoms with E-state index in [1.165, 1.54) is 10.9 Å². The van der Waals surface area contributed by atoms with Gasteiger partial charge in [0.2, 0.25) is 0 Å². The number of para-hydroxylation sites is 1. The second-order valence-corrected chi connectivity index (χ2v) is 10.3. The molecule has 0 amide bonds. The summed E-state index contributed by atoms with van der Waals surface area (Å²) >= 11 is 0. The monoisotopic (exact) mass is 436 g/mol. The molecule has 1 aromatic carbocycles. The number of allylic oxidation sites excluding steroid dienone is 4. The number of hydrogen-bond acceptors (Lipinski definition) is 2. The van der Waals surface area contributed by atoms with Crippen LogP contribution in [0.2, 0.25) is 0 Å². The van der Waals surface area contributed by atoms with Crippen molar-refractivity contribution in [3.8, 4) is 0 Å². The van der Waals surface area contributed by atoms with E-state index in [4.69, 9.17) is 5.11 Å². The molecule has 0 saturated carbocycles. The summed E-state index contributed by atoms with van der Waals surface area (Å²) in [4.78, 5) is 17.0. The third kappa shape index (κ3) is 3.73. The number of aliphatic carboxylic acids is 1. The Morgan fingerprint density at radius 2 is 2.06 bits per heavy atom. The summed E-state index contributed by atoms with van der Waals surface area (Å²) in [5, 5.41) is 10.2. The Balaban J connectivity index is 1.86. The third-order valence-electron chi connectivity index (χ3n) is 7.39. The zero-order valence-electron chi connectivity index (χ0n) is 19.6. The Hall–Kier alpha value is -2.66. The number of alkyl halides is 1. The first-order chi connectivity index (χ1) is 14.9. The number of hydrogen-bond donors (Lipinski definition) is 2. The molecule has 5 heteroatoms. The molecule has 4 rings (SSSR count). The number of carboxylic acid groups (broad SMARTS) is 1.